The van der Waals surface area contributed by atoms with Gasteiger partial charge in [-0.25, -0.2) is 0 Å². The molecule has 0 radical (unpaired) electrons. The molecule has 40 heavy (non-hydrogen) atoms. The fourth-order valence-corrected chi connectivity index (χ4v) is 6.75. The quantitative estimate of drug-likeness (QED) is 0.237. The summed E-state index contributed by atoms with van der Waals surface area (Å²) in [7, 11) is -0.465. The lowest BCUT2D eigenvalue weighted by Gasteiger charge is -2.32. The number of rotatable bonds is 3. The largest absolute Gasteiger partial charge is 0.497 e. The van der Waals surface area contributed by atoms with Crippen LogP contribution in [0.1, 0.15) is 61.1 Å². The summed E-state index contributed by atoms with van der Waals surface area (Å²) in [5.74, 6) is 0. The molecule has 4 heteroatoms. The average molecular weight is 530 g/mol. The van der Waals surface area contributed by atoms with Crippen LogP contribution in [-0.2, 0) is 9.31 Å². The molecule has 4 aromatic carbocycles. The van der Waals surface area contributed by atoms with E-state index in [9.17, 15) is 0 Å². The van der Waals surface area contributed by atoms with E-state index >= 15 is 0 Å². The number of aryl methyl sites for hydroxylation is 6. The first kappa shape index (κ1) is 26.9. The van der Waals surface area contributed by atoms with Crippen LogP contribution in [0.3, 0.4) is 0 Å². The maximum Gasteiger partial charge on any atom is 0.497 e. The van der Waals surface area contributed by atoms with Crippen LogP contribution in [0.15, 0.2) is 54.6 Å². The molecule has 1 aromatic heterocycles. The first-order valence-corrected chi connectivity index (χ1v) is 14.4. The van der Waals surface area contributed by atoms with E-state index in [0.717, 1.165) is 16.5 Å². The van der Waals surface area contributed by atoms with Crippen LogP contribution in [0.4, 0.5) is 0 Å². The molecule has 1 saturated heterocycles. The van der Waals surface area contributed by atoms with Crippen molar-refractivity contribution in [1.82, 2.24) is 4.98 Å². The number of nitrogens with one attached hydrogen (secondary N) is 1. The summed E-state index contributed by atoms with van der Waals surface area (Å²) in [5.41, 5.74) is 15.2. The van der Waals surface area contributed by atoms with Crippen molar-refractivity contribution < 1.29 is 9.31 Å². The lowest BCUT2D eigenvalue weighted by Crippen LogP contribution is -2.41. The third kappa shape index (κ3) is 4.20. The Morgan fingerprint density at radius 1 is 0.575 bits per heavy atom. The Labute approximate surface area is 239 Å². The van der Waals surface area contributed by atoms with Crippen molar-refractivity contribution in [2.45, 2.75) is 80.4 Å². The maximum absolute atomic E-state index is 6.62. The van der Waals surface area contributed by atoms with E-state index in [4.69, 9.17) is 9.31 Å². The second kappa shape index (κ2) is 9.09. The number of aromatic nitrogens is 1. The SMILES string of the molecule is Cc1cc(C)c(-c2ccc3[nH]c4c(B5OC(C)(C)C(C)(C)O5)cc(-c5c(C)cc(C)cc5C)cc4c3c2)c(C)c1. The van der Waals surface area contributed by atoms with Gasteiger partial charge in [-0.3, -0.25) is 0 Å². The van der Waals surface area contributed by atoms with E-state index in [1.165, 1.54) is 66.4 Å². The maximum atomic E-state index is 6.62. The van der Waals surface area contributed by atoms with Gasteiger partial charge in [-0.2, -0.15) is 0 Å². The van der Waals surface area contributed by atoms with E-state index in [0.29, 0.717) is 0 Å². The molecule has 1 fully saturated rings. The lowest BCUT2D eigenvalue weighted by molar-refractivity contribution is 0.00578. The molecule has 3 nitrogen and oxygen atoms in total. The van der Waals surface area contributed by atoms with Crippen LogP contribution in [0.25, 0.3) is 44.1 Å². The second-order valence-electron chi connectivity index (χ2n) is 13.0. The fraction of sp³-hybridized carbons (Fsp3) is 0.333. The summed E-state index contributed by atoms with van der Waals surface area (Å²) < 4.78 is 13.2. The van der Waals surface area contributed by atoms with Crippen LogP contribution in [0, 0.1) is 41.5 Å². The molecule has 0 bridgehead atoms. The van der Waals surface area contributed by atoms with Crippen LogP contribution in [0.2, 0.25) is 0 Å². The number of benzene rings is 4. The molecule has 1 aliphatic heterocycles. The normalized spacial score (nSPS) is 16.4. The predicted molar refractivity (Wildman–Crippen MR) is 171 cm³/mol. The average Bonchev–Trinajstić information content (AvgIpc) is 3.30. The molecule has 204 valence electrons. The van der Waals surface area contributed by atoms with Crippen molar-refractivity contribution in [2.24, 2.45) is 0 Å². The number of hydrogen-bond acceptors (Lipinski definition) is 2. The molecule has 5 aromatic rings. The molecule has 1 N–H and O–H groups in total. The van der Waals surface area contributed by atoms with Crippen molar-refractivity contribution in [3.8, 4) is 22.3 Å². The van der Waals surface area contributed by atoms with E-state index in [2.05, 4.69) is 129 Å². The molecule has 0 atom stereocenters. The van der Waals surface area contributed by atoms with Gasteiger partial charge in [0.15, 0.2) is 0 Å². The van der Waals surface area contributed by atoms with Crippen molar-refractivity contribution in [1.29, 1.82) is 0 Å². The third-order valence-electron chi connectivity index (χ3n) is 9.18. The van der Waals surface area contributed by atoms with Gasteiger partial charge in [0.2, 0.25) is 0 Å². The van der Waals surface area contributed by atoms with E-state index in [1.807, 2.05) is 0 Å². The Bertz CT molecular complexity index is 1760. The molecule has 2 heterocycles. The summed E-state index contributed by atoms with van der Waals surface area (Å²) in [4.78, 5) is 3.75. The molecule has 0 amide bonds. The van der Waals surface area contributed by atoms with Gasteiger partial charge in [-0.15, -0.1) is 0 Å². The zero-order valence-electron chi connectivity index (χ0n) is 25.6. The van der Waals surface area contributed by atoms with Crippen molar-refractivity contribution >= 4 is 34.4 Å². The van der Waals surface area contributed by atoms with Gasteiger partial charge in [-0.05, 0) is 132 Å². The number of aromatic amines is 1. The summed E-state index contributed by atoms with van der Waals surface area (Å²) in [6.45, 7) is 21.7. The van der Waals surface area contributed by atoms with Gasteiger partial charge in [0.1, 0.15) is 0 Å². The van der Waals surface area contributed by atoms with Crippen molar-refractivity contribution in [3.63, 3.8) is 0 Å². The molecular weight excluding hydrogens is 489 g/mol. The topological polar surface area (TPSA) is 34.2 Å². The highest BCUT2D eigenvalue weighted by atomic mass is 16.7. The monoisotopic (exact) mass is 529 g/mol. The van der Waals surface area contributed by atoms with Gasteiger partial charge < -0.3 is 14.3 Å². The Balaban J connectivity index is 1.65. The Hall–Kier alpha value is -3.34. The minimum absolute atomic E-state index is 0.421. The highest BCUT2D eigenvalue weighted by molar-refractivity contribution is 6.65. The van der Waals surface area contributed by atoms with Crippen molar-refractivity contribution in [2.75, 3.05) is 0 Å². The van der Waals surface area contributed by atoms with E-state index in [-0.39, 0.29) is 0 Å². The van der Waals surface area contributed by atoms with Crippen LogP contribution < -0.4 is 5.46 Å². The van der Waals surface area contributed by atoms with Gasteiger partial charge in [-0.1, -0.05) is 47.5 Å². The van der Waals surface area contributed by atoms with Crippen LogP contribution in [-0.4, -0.2) is 23.3 Å². The van der Waals surface area contributed by atoms with Crippen LogP contribution in [0.5, 0.6) is 0 Å². The third-order valence-corrected chi connectivity index (χ3v) is 9.18. The minimum Gasteiger partial charge on any atom is -0.399 e. The highest BCUT2D eigenvalue weighted by Gasteiger charge is 2.52. The summed E-state index contributed by atoms with van der Waals surface area (Å²) in [6.07, 6.45) is 0. The van der Waals surface area contributed by atoms with Gasteiger partial charge >= 0.3 is 7.12 Å². The van der Waals surface area contributed by atoms with Gasteiger partial charge in [0.25, 0.3) is 0 Å². The Morgan fingerprint density at radius 2 is 1.05 bits per heavy atom. The molecule has 6 rings (SSSR count). The summed E-state index contributed by atoms with van der Waals surface area (Å²) in [6, 6.07) is 20.6. The highest BCUT2D eigenvalue weighted by Crippen LogP contribution is 2.40. The van der Waals surface area contributed by atoms with E-state index in [1.54, 1.807) is 0 Å². The predicted octanol–water partition coefficient (Wildman–Crippen LogP) is 8.80. The summed E-state index contributed by atoms with van der Waals surface area (Å²) >= 11 is 0. The molecule has 0 aliphatic carbocycles. The molecule has 0 unspecified atom stereocenters. The fourth-order valence-electron chi connectivity index (χ4n) is 6.75. The second-order valence-corrected chi connectivity index (χ2v) is 13.0. The summed E-state index contributed by atoms with van der Waals surface area (Å²) in [5, 5.41) is 2.41. The standard InChI is InChI=1S/C36H40BNO2/c1-20-13-22(3)32(23(4)14-20)26-11-12-31-28(17-26)29-18-27(33-24(5)15-21(2)16-25(33)6)19-30(34(29)38-31)37-39-35(7,8)36(9,10)40-37/h11-19,38H,1-10H3. The number of hydrogen-bond donors (Lipinski definition) is 1. The zero-order chi connectivity index (χ0) is 28.7. The minimum atomic E-state index is -0.465. The zero-order valence-corrected chi connectivity index (χ0v) is 25.6. The molecule has 0 saturated carbocycles. The van der Waals surface area contributed by atoms with E-state index < -0.39 is 18.3 Å². The Morgan fingerprint density at radius 3 is 1.57 bits per heavy atom. The molecule has 0 spiro atoms. The Kier molecular flexibility index (Phi) is 6.10. The smallest absolute Gasteiger partial charge is 0.399 e. The van der Waals surface area contributed by atoms with Gasteiger partial charge in [0.05, 0.1) is 11.2 Å². The molecule has 1 aliphatic rings. The first-order valence-electron chi connectivity index (χ1n) is 14.4. The number of H-pyrrole nitrogens is 1. The van der Waals surface area contributed by atoms with Gasteiger partial charge in [0, 0.05) is 27.3 Å². The molecular formula is C36H40BNO2. The first-order chi connectivity index (χ1) is 18.8. The van der Waals surface area contributed by atoms with Crippen LogP contribution >= 0.6 is 0 Å². The lowest BCUT2D eigenvalue weighted by atomic mass is 9.75. The van der Waals surface area contributed by atoms with Crippen molar-refractivity contribution in [3.05, 3.63) is 88.0 Å². The number of fused-ring (bicyclic) bond motifs is 3.